The predicted molar refractivity (Wildman–Crippen MR) is 112 cm³/mol. The van der Waals surface area contributed by atoms with Gasteiger partial charge in [-0.2, -0.15) is 4.98 Å². The molecule has 2 aromatic heterocycles. The van der Waals surface area contributed by atoms with Gasteiger partial charge in [0, 0.05) is 30.9 Å². The van der Waals surface area contributed by atoms with E-state index in [0.717, 1.165) is 48.7 Å². The second-order valence-electron chi connectivity index (χ2n) is 6.46. The fourth-order valence-electron chi connectivity index (χ4n) is 2.99. The molecular weight excluding hydrogens is 334 g/mol. The summed E-state index contributed by atoms with van der Waals surface area (Å²) < 4.78 is 0. The van der Waals surface area contributed by atoms with Gasteiger partial charge in [-0.3, -0.25) is 4.98 Å². The maximum Gasteiger partial charge on any atom is 0.225 e. The maximum absolute atomic E-state index is 4.79. The predicted octanol–water partition coefficient (Wildman–Crippen LogP) is 4.78. The van der Waals surface area contributed by atoms with Crippen molar-refractivity contribution in [3.63, 3.8) is 0 Å². The first-order chi connectivity index (χ1) is 13.3. The van der Waals surface area contributed by atoms with Crippen molar-refractivity contribution in [1.82, 2.24) is 15.0 Å². The number of hydrogen-bond acceptors (Lipinski definition) is 5. The summed E-state index contributed by atoms with van der Waals surface area (Å²) in [5, 5.41) is 3.34. The van der Waals surface area contributed by atoms with Gasteiger partial charge >= 0.3 is 0 Å². The first-order valence-corrected chi connectivity index (χ1v) is 9.63. The zero-order chi connectivity index (χ0) is 18.9. The van der Waals surface area contributed by atoms with Crippen LogP contribution >= 0.6 is 0 Å². The van der Waals surface area contributed by atoms with E-state index in [1.54, 1.807) is 6.20 Å². The van der Waals surface area contributed by atoms with Crippen molar-refractivity contribution in [2.24, 2.45) is 0 Å². The zero-order valence-electron chi connectivity index (χ0n) is 16.1. The molecule has 0 bridgehead atoms. The highest BCUT2D eigenvalue weighted by Gasteiger charge is 2.12. The Morgan fingerprint density at radius 2 is 1.63 bits per heavy atom. The van der Waals surface area contributed by atoms with Gasteiger partial charge in [0.25, 0.3) is 0 Å². The number of rotatable bonds is 9. The quantitative estimate of drug-likeness (QED) is 0.594. The van der Waals surface area contributed by atoms with Crippen LogP contribution in [0.25, 0.3) is 11.3 Å². The van der Waals surface area contributed by atoms with Gasteiger partial charge in [0.05, 0.1) is 17.9 Å². The summed E-state index contributed by atoms with van der Waals surface area (Å²) in [6.07, 6.45) is 3.97. The van der Waals surface area contributed by atoms with Crippen molar-refractivity contribution in [3.05, 3.63) is 66.5 Å². The largest absolute Gasteiger partial charge is 0.356 e. The lowest BCUT2D eigenvalue weighted by Crippen LogP contribution is -2.26. The lowest BCUT2D eigenvalue weighted by molar-refractivity contribution is 0.733. The van der Waals surface area contributed by atoms with Crippen molar-refractivity contribution in [1.29, 1.82) is 0 Å². The molecule has 3 aromatic rings. The second kappa shape index (κ2) is 9.67. The molecule has 5 heteroatoms. The number of nitrogens with one attached hydrogen (secondary N) is 1. The van der Waals surface area contributed by atoms with Crippen LogP contribution < -0.4 is 10.2 Å². The topological polar surface area (TPSA) is 53.9 Å². The highest BCUT2D eigenvalue weighted by Crippen LogP contribution is 2.24. The number of benzene rings is 1. The van der Waals surface area contributed by atoms with Gasteiger partial charge in [-0.15, -0.1) is 0 Å². The van der Waals surface area contributed by atoms with Crippen LogP contribution in [0.15, 0.2) is 60.8 Å². The van der Waals surface area contributed by atoms with Crippen LogP contribution in [0.4, 0.5) is 11.8 Å². The maximum atomic E-state index is 4.79. The van der Waals surface area contributed by atoms with Crippen LogP contribution in [0.1, 0.15) is 32.4 Å². The van der Waals surface area contributed by atoms with Crippen molar-refractivity contribution in [2.75, 3.05) is 23.3 Å². The molecule has 0 radical (unpaired) electrons. The Hall–Kier alpha value is -2.95. The Morgan fingerprint density at radius 1 is 0.889 bits per heavy atom. The highest BCUT2D eigenvalue weighted by molar-refractivity contribution is 5.64. The van der Waals surface area contributed by atoms with E-state index in [9.17, 15) is 0 Å². The molecule has 0 unspecified atom stereocenters. The smallest absolute Gasteiger partial charge is 0.225 e. The molecule has 5 nitrogen and oxygen atoms in total. The molecule has 0 amide bonds. The Kier molecular flexibility index (Phi) is 6.74. The first-order valence-electron chi connectivity index (χ1n) is 9.63. The van der Waals surface area contributed by atoms with Crippen LogP contribution in [0, 0.1) is 0 Å². The van der Waals surface area contributed by atoms with E-state index >= 15 is 0 Å². The lowest BCUT2D eigenvalue weighted by Gasteiger charge is -2.23. The van der Waals surface area contributed by atoms with Gasteiger partial charge in [0.2, 0.25) is 5.95 Å². The van der Waals surface area contributed by atoms with E-state index in [4.69, 9.17) is 9.97 Å². The molecule has 1 aromatic carbocycles. The molecule has 3 rings (SSSR count). The summed E-state index contributed by atoms with van der Waals surface area (Å²) >= 11 is 0. The average Bonchev–Trinajstić information content (AvgIpc) is 2.73. The third-order valence-corrected chi connectivity index (χ3v) is 4.25. The molecule has 0 fully saturated rings. The number of anilines is 2. The monoisotopic (exact) mass is 361 g/mol. The van der Waals surface area contributed by atoms with Crippen LogP contribution in [0.2, 0.25) is 0 Å². The molecule has 27 heavy (non-hydrogen) atoms. The number of pyridine rings is 1. The van der Waals surface area contributed by atoms with E-state index < -0.39 is 0 Å². The normalized spacial score (nSPS) is 10.6. The van der Waals surface area contributed by atoms with E-state index in [-0.39, 0.29) is 0 Å². The summed E-state index contributed by atoms with van der Waals surface area (Å²) in [5.41, 5.74) is 2.99. The summed E-state index contributed by atoms with van der Waals surface area (Å²) in [4.78, 5) is 16.2. The first kappa shape index (κ1) is 18.8. The van der Waals surface area contributed by atoms with Gasteiger partial charge in [-0.05, 0) is 25.0 Å². The summed E-state index contributed by atoms with van der Waals surface area (Å²) in [7, 11) is 0. The van der Waals surface area contributed by atoms with E-state index in [1.807, 2.05) is 36.4 Å². The Labute approximate surface area is 161 Å². The molecule has 0 aliphatic carbocycles. The molecule has 0 aliphatic heterocycles. The van der Waals surface area contributed by atoms with Crippen molar-refractivity contribution in [3.8, 4) is 11.3 Å². The lowest BCUT2D eigenvalue weighted by atomic mass is 10.1. The molecule has 0 spiro atoms. The average molecular weight is 361 g/mol. The highest BCUT2D eigenvalue weighted by atomic mass is 15.2. The minimum atomic E-state index is 0.597. The van der Waals surface area contributed by atoms with E-state index in [1.165, 1.54) is 0 Å². The van der Waals surface area contributed by atoms with Crippen LogP contribution in [0.3, 0.4) is 0 Å². The third-order valence-electron chi connectivity index (χ3n) is 4.25. The van der Waals surface area contributed by atoms with Gasteiger partial charge in [0.1, 0.15) is 5.82 Å². The molecule has 1 N–H and O–H groups in total. The number of nitrogens with zero attached hydrogens (tertiary/aromatic N) is 4. The van der Waals surface area contributed by atoms with Crippen LogP contribution in [-0.2, 0) is 6.54 Å². The Morgan fingerprint density at radius 3 is 2.30 bits per heavy atom. The summed E-state index contributed by atoms with van der Waals surface area (Å²) in [6.45, 7) is 6.96. The van der Waals surface area contributed by atoms with E-state index in [0.29, 0.717) is 12.5 Å². The minimum Gasteiger partial charge on any atom is -0.356 e. The van der Waals surface area contributed by atoms with Gasteiger partial charge in [-0.1, -0.05) is 50.2 Å². The van der Waals surface area contributed by atoms with E-state index in [2.05, 4.69) is 47.2 Å². The van der Waals surface area contributed by atoms with Crippen molar-refractivity contribution in [2.45, 2.75) is 33.2 Å². The molecular formula is C22H27N5. The molecule has 140 valence electrons. The fraction of sp³-hybridized carbons (Fsp3) is 0.318. The second-order valence-corrected chi connectivity index (χ2v) is 6.46. The van der Waals surface area contributed by atoms with Gasteiger partial charge in [0.15, 0.2) is 0 Å². The Bertz CT molecular complexity index is 815. The van der Waals surface area contributed by atoms with Crippen molar-refractivity contribution < 1.29 is 0 Å². The molecule has 2 heterocycles. The Balaban J connectivity index is 1.92. The van der Waals surface area contributed by atoms with Gasteiger partial charge < -0.3 is 10.2 Å². The van der Waals surface area contributed by atoms with Crippen LogP contribution in [0.5, 0.6) is 0 Å². The minimum absolute atomic E-state index is 0.597. The SMILES string of the molecule is CCCN(CCC)c1cc(-c2ccccc2)nc(NCc2ccccn2)n1. The third kappa shape index (κ3) is 5.26. The zero-order valence-corrected chi connectivity index (χ0v) is 16.1. The molecule has 0 aliphatic rings. The fourth-order valence-corrected chi connectivity index (χ4v) is 2.99. The van der Waals surface area contributed by atoms with Gasteiger partial charge in [-0.25, -0.2) is 4.98 Å². The number of hydrogen-bond donors (Lipinski definition) is 1. The number of aromatic nitrogens is 3. The molecule has 0 saturated carbocycles. The standard InChI is InChI=1S/C22H27N5/c1-3-14-27(15-4-2)21-16-20(18-10-6-5-7-11-18)25-22(26-21)24-17-19-12-8-9-13-23-19/h5-13,16H,3-4,14-15,17H2,1-2H3,(H,24,25,26). The van der Waals surface area contributed by atoms with Crippen LogP contribution in [-0.4, -0.2) is 28.0 Å². The summed E-state index contributed by atoms with van der Waals surface area (Å²) in [5.74, 6) is 1.60. The molecule has 0 saturated heterocycles. The summed E-state index contributed by atoms with van der Waals surface area (Å²) in [6, 6.07) is 18.2. The molecule has 0 atom stereocenters. The van der Waals surface area contributed by atoms with Crippen molar-refractivity contribution >= 4 is 11.8 Å².